The summed E-state index contributed by atoms with van der Waals surface area (Å²) in [6, 6.07) is 7.56. The van der Waals surface area contributed by atoms with Crippen LogP contribution in [0, 0.1) is 18.3 Å². The van der Waals surface area contributed by atoms with Gasteiger partial charge in [-0.15, -0.1) is 0 Å². The number of hydrogen-bond donors (Lipinski definition) is 0. The second kappa shape index (κ2) is 5.81. The molecule has 1 aromatic heterocycles. The van der Waals surface area contributed by atoms with Crippen LogP contribution in [0.15, 0.2) is 18.2 Å². The molecule has 0 bridgehead atoms. The zero-order valence-corrected chi connectivity index (χ0v) is 12.0. The normalized spacial score (nSPS) is 18.7. The summed E-state index contributed by atoms with van der Waals surface area (Å²) >= 11 is 0. The summed E-state index contributed by atoms with van der Waals surface area (Å²) in [5.41, 5.74) is 2.43. The Morgan fingerprint density at radius 3 is 2.91 bits per heavy atom. The molecule has 0 spiro atoms. The molecule has 1 atom stereocenters. The lowest BCUT2D eigenvalue weighted by molar-refractivity contribution is -0.0615. The van der Waals surface area contributed by atoms with Gasteiger partial charge in [0.05, 0.1) is 24.2 Å². The molecule has 0 unspecified atom stereocenters. The van der Waals surface area contributed by atoms with Crippen molar-refractivity contribution in [2.75, 3.05) is 24.6 Å². The number of aryl methyl sites for hydroxylation is 1. The van der Waals surface area contributed by atoms with Crippen molar-refractivity contribution in [1.82, 2.24) is 9.97 Å². The van der Waals surface area contributed by atoms with E-state index in [9.17, 15) is 14.0 Å². The summed E-state index contributed by atoms with van der Waals surface area (Å²) in [5.74, 6) is 0.341. The lowest BCUT2D eigenvalue weighted by Crippen LogP contribution is -2.46. The van der Waals surface area contributed by atoms with Crippen molar-refractivity contribution in [2.24, 2.45) is 0 Å². The number of anilines is 1. The number of nitrogens with zero attached hydrogens (tertiary/aromatic N) is 4. The maximum Gasteiger partial charge on any atom is 0.266 e. The van der Waals surface area contributed by atoms with Gasteiger partial charge < -0.3 is 9.64 Å². The largest absolute Gasteiger partial charge is 0.369 e. The van der Waals surface area contributed by atoms with Crippen LogP contribution in [0.2, 0.25) is 0 Å². The molecular formula is C15H14F2N4O. The van der Waals surface area contributed by atoms with E-state index < -0.39 is 12.5 Å². The molecule has 0 radical (unpaired) electrons. The molecule has 114 valence electrons. The molecule has 1 fully saturated rings. The third kappa shape index (κ3) is 2.70. The van der Waals surface area contributed by atoms with Gasteiger partial charge in [-0.25, -0.2) is 18.7 Å². The fourth-order valence-corrected chi connectivity index (χ4v) is 2.47. The zero-order valence-electron chi connectivity index (χ0n) is 12.0. The van der Waals surface area contributed by atoms with Crippen molar-refractivity contribution in [3.05, 3.63) is 29.5 Å². The molecule has 0 saturated carbocycles. The number of nitriles is 1. The van der Waals surface area contributed by atoms with Crippen molar-refractivity contribution in [2.45, 2.75) is 19.5 Å². The molecule has 0 aliphatic carbocycles. The van der Waals surface area contributed by atoms with Crippen LogP contribution >= 0.6 is 0 Å². The van der Waals surface area contributed by atoms with Crippen LogP contribution in [0.4, 0.5) is 14.6 Å². The predicted molar refractivity (Wildman–Crippen MR) is 76.9 cm³/mol. The summed E-state index contributed by atoms with van der Waals surface area (Å²) in [6.45, 7) is 2.51. The number of ether oxygens (including phenoxy) is 1. The second-order valence-electron chi connectivity index (χ2n) is 5.19. The maximum atomic E-state index is 12.8. The van der Waals surface area contributed by atoms with Crippen molar-refractivity contribution in [3.63, 3.8) is 0 Å². The Morgan fingerprint density at radius 2 is 2.18 bits per heavy atom. The Hall–Kier alpha value is -2.33. The first kappa shape index (κ1) is 14.6. The highest BCUT2D eigenvalue weighted by atomic mass is 19.3. The SMILES string of the molecule is Cc1ccc2nc(N3CCO[C@H](C(F)F)C3)c(C#N)nc2c1. The van der Waals surface area contributed by atoms with E-state index in [0.717, 1.165) is 5.56 Å². The first-order valence-corrected chi connectivity index (χ1v) is 6.91. The van der Waals surface area contributed by atoms with Crippen LogP contribution in [0.5, 0.6) is 0 Å². The topological polar surface area (TPSA) is 62.0 Å². The Kier molecular flexibility index (Phi) is 3.86. The summed E-state index contributed by atoms with van der Waals surface area (Å²) in [7, 11) is 0. The summed E-state index contributed by atoms with van der Waals surface area (Å²) in [6.07, 6.45) is -3.74. The molecule has 22 heavy (non-hydrogen) atoms. The number of fused-ring (bicyclic) bond motifs is 1. The number of halogens is 2. The van der Waals surface area contributed by atoms with Gasteiger partial charge in [0.25, 0.3) is 6.43 Å². The van der Waals surface area contributed by atoms with E-state index in [4.69, 9.17) is 4.74 Å². The number of morpholine rings is 1. The van der Waals surface area contributed by atoms with Gasteiger partial charge in [0.1, 0.15) is 12.2 Å². The maximum absolute atomic E-state index is 12.8. The van der Waals surface area contributed by atoms with Crippen LogP contribution in [0.25, 0.3) is 11.0 Å². The Morgan fingerprint density at radius 1 is 1.36 bits per heavy atom. The fourth-order valence-electron chi connectivity index (χ4n) is 2.47. The van der Waals surface area contributed by atoms with Crippen molar-refractivity contribution in [3.8, 4) is 6.07 Å². The van der Waals surface area contributed by atoms with Gasteiger partial charge in [-0.05, 0) is 24.6 Å². The monoisotopic (exact) mass is 304 g/mol. The van der Waals surface area contributed by atoms with Gasteiger partial charge in [0, 0.05) is 6.54 Å². The highest BCUT2D eigenvalue weighted by molar-refractivity contribution is 5.78. The van der Waals surface area contributed by atoms with Gasteiger partial charge in [-0.1, -0.05) is 6.07 Å². The number of hydrogen-bond acceptors (Lipinski definition) is 5. The number of rotatable bonds is 2. The molecule has 0 amide bonds. The minimum absolute atomic E-state index is 0.00159. The van der Waals surface area contributed by atoms with Gasteiger partial charge >= 0.3 is 0 Å². The minimum atomic E-state index is -2.57. The standard InChI is InChI=1S/C15H14F2N4O/c1-9-2-3-10-11(6-9)19-12(7-18)15(20-10)21-4-5-22-13(8-21)14(16)17/h2-3,6,13-14H,4-5,8H2,1H3/t13-/m0/s1. The summed E-state index contributed by atoms with van der Waals surface area (Å²) in [4.78, 5) is 10.4. The molecule has 1 aromatic carbocycles. The van der Waals surface area contributed by atoms with E-state index in [1.807, 2.05) is 31.2 Å². The van der Waals surface area contributed by atoms with Crippen LogP contribution in [0.3, 0.4) is 0 Å². The van der Waals surface area contributed by atoms with Crippen LogP contribution in [-0.4, -0.2) is 42.2 Å². The third-order valence-corrected chi connectivity index (χ3v) is 3.58. The molecule has 2 heterocycles. The van der Waals surface area contributed by atoms with E-state index in [0.29, 0.717) is 23.4 Å². The van der Waals surface area contributed by atoms with Gasteiger partial charge in [-0.3, -0.25) is 0 Å². The van der Waals surface area contributed by atoms with Crippen molar-refractivity contribution in [1.29, 1.82) is 5.26 Å². The molecule has 3 rings (SSSR count). The molecular weight excluding hydrogens is 290 g/mol. The van der Waals surface area contributed by atoms with Crippen molar-refractivity contribution < 1.29 is 13.5 Å². The second-order valence-corrected chi connectivity index (χ2v) is 5.19. The number of alkyl halides is 2. The molecule has 1 aliphatic heterocycles. The molecule has 5 nitrogen and oxygen atoms in total. The molecule has 2 aromatic rings. The van der Waals surface area contributed by atoms with Crippen molar-refractivity contribution >= 4 is 16.9 Å². The molecule has 0 N–H and O–H groups in total. The van der Waals surface area contributed by atoms with Crippen LogP contribution in [0.1, 0.15) is 11.3 Å². The highest BCUT2D eigenvalue weighted by Crippen LogP contribution is 2.24. The molecule has 1 saturated heterocycles. The smallest absolute Gasteiger partial charge is 0.266 e. The van der Waals surface area contributed by atoms with E-state index in [-0.39, 0.29) is 18.8 Å². The summed E-state index contributed by atoms with van der Waals surface area (Å²) < 4.78 is 30.7. The number of aromatic nitrogens is 2. The van der Waals surface area contributed by atoms with Gasteiger partial charge in [-0.2, -0.15) is 5.26 Å². The average Bonchev–Trinajstić information content (AvgIpc) is 2.53. The van der Waals surface area contributed by atoms with E-state index in [2.05, 4.69) is 9.97 Å². The average molecular weight is 304 g/mol. The minimum Gasteiger partial charge on any atom is -0.369 e. The fraction of sp³-hybridized carbons (Fsp3) is 0.400. The molecule has 7 heteroatoms. The first-order valence-electron chi connectivity index (χ1n) is 6.91. The predicted octanol–water partition coefficient (Wildman–Crippen LogP) is 2.28. The quantitative estimate of drug-likeness (QED) is 0.852. The van der Waals surface area contributed by atoms with Crippen LogP contribution in [-0.2, 0) is 4.74 Å². The zero-order chi connectivity index (χ0) is 15.7. The summed E-state index contributed by atoms with van der Waals surface area (Å²) in [5, 5.41) is 9.29. The third-order valence-electron chi connectivity index (χ3n) is 3.58. The molecule has 1 aliphatic rings. The Labute approximate surface area is 126 Å². The van der Waals surface area contributed by atoms with E-state index >= 15 is 0 Å². The van der Waals surface area contributed by atoms with Gasteiger partial charge in [0.2, 0.25) is 0 Å². The number of benzene rings is 1. The lowest BCUT2D eigenvalue weighted by Gasteiger charge is -2.33. The first-order chi connectivity index (χ1) is 10.6. The Bertz CT molecular complexity index is 744. The highest BCUT2D eigenvalue weighted by Gasteiger charge is 2.30. The van der Waals surface area contributed by atoms with Gasteiger partial charge in [0.15, 0.2) is 11.5 Å². The van der Waals surface area contributed by atoms with E-state index in [1.165, 1.54) is 0 Å². The lowest BCUT2D eigenvalue weighted by atomic mass is 10.2. The Balaban J connectivity index is 2.02. The van der Waals surface area contributed by atoms with Crippen LogP contribution < -0.4 is 4.90 Å². The van der Waals surface area contributed by atoms with E-state index in [1.54, 1.807) is 4.90 Å².